The van der Waals surface area contributed by atoms with E-state index in [2.05, 4.69) is 29.1 Å². The van der Waals surface area contributed by atoms with Crippen molar-refractivity contribution in [2.75, 3.05) is 11.9 Å². The number of halogens is 1. The smallest absolute Gasteiger partial charge is 0.194 e. The van der Waals surface area contributed by atoms with Gasteiger partial charge in [-0.2, -0.15) is 0 Å². The van der Waals surface area contributed by atoms with Crippen LogP contribution in [0.2, 0.25) is 5.02 Å². The molecule has 2 rings (SSSR count). The molecule has 0 saturated heterocycles. The molecule has 5 heteroatoms. The van der Waals surface area contributed by atoms with Crippen LogP contribution in [-0.2, 0) is 5.41 Å². The second-order valence-corrected chi connectivity index (χ2v) is 5.87. The van der Waals surface area contributed by atoms with Crippen LogP contribution in [0, 0.1) is 0 Å². The summed E-state index contributed by atoms with van der Waals surface area (Å²) in [7, 11) is 0. The third-order valence-corrected chi connectivity index (χ3v) is 3.44. The van der Waals surface area contributed by atoms with Gasteiger partial charge in [0.1, 0.15) is 5.82 Å². The van der Waals surface area contributed by atoms with Crippen molar-refractivity contribution in [1.82, 2.24) is 4.98 Å². The molecule has 1 aromatic carbocycles. The largest absolute Gasteiger partial charge is 0.370 e. The molecule has 0 fully saturated rings. The van der Waals surface area contributed by atoms with Gasteiger partial charge in [0.05, 0.1) is 6.54 Å². The molecule has 0 aliphatic heterocycles. The Kier molecular flexibility index (Phi) is 4.81. The highest BCUT2D eigenvalue weighted by Crippen LogP contribution is 2.24. The molecule has 110 valence electrons. The molecule has 0 spiro atoms. The predicted octanol–water partition coefficient (Wildman–Crippen LogP) is 3.44. The fourth-order valence-corrected chi connectivity index (χ4v) is 2.01. The molecular formula is C16H19ClN4. The average Bonchev–Trinajstić information content (AvgIpc) is 2.47. The molecule has 0 unspecified atom stereocenters. The summed E-state index contributed by atoms with van der Waals surface area (Å²) in [6, 6.07) is 13.4. The van der Waals surface area contributed by atoms with E-state index >= 15 is 0 Å². The highest BCUT2D eigenvalue weighted by Gasteiger charge is 2.20. The number of anilines is 1. The summed E-state index contributed by atoms with van der Waals surface area (Å²) in [4.78, 5) is 8.54. The fourth-order valence-electron chi connectivity index (χ4n) is 1.88. The summed E-state index contributed by atoms with van der Waals surface area (Å²) in [6.07, 6.45) is 1.70. The SMILES string of the molecule is CC(C)(CN=C(N)Nc1ccccn1)c1ccc(Cl)cc1. The van der Waals surface area contributed by atoms with Crippen LogP contribution in [0.1, 0.15) is 19.4 Å². The van der Waals surface area contributed by atoms with E-state index in [1.54, 1.807) is 6.20 Å². The predicted molar refractivity (Wildman–Crippen MR) is 88.8 cm³/mol. The lowest BCUT2D eigenvalue weighted by Crippen LogP contribution is -2.28. The summed E-state index contributed by atoms with van der Waals surface area (Å²) in [5.41, 5.74) is 6.94. The van der Waals surface area contributed by atoms with Crippen molar-refractivity contribution in [2.24, 2.45) is 10.7 Å². The molecule has 0 amide bonds. The van der Waals surface area contributed by atoms with Gasteiger partial charge >= 0.3 is 0 Å². The highest BCUT2D eigenvalue weighted by atomic mass is 35.5. The van der Waals surface area contributed by atoms with Crippen LogP contribution in [0.25, 0.3) is 0 Å². The summed E-state index contributed by atoms with van der Waals surface area (Å²) in [5.74, 6) is 1.04. The maximum absolute atomic E-state index is 5.92. The first-order chi connectivity index (χ1) is 9.97. The van der Waals surface area contributed by atoms with Crippen molar-refractivity contribution in [2.45, 2.75) is 19.3 Å². The number of hydrogen-bond donors (Lipinski definition) is 2. The minimum absolute atomic E-state index is 0.124. The first kappa shape index (κ1) is 15.3. The van der Waals surface area contributed by atoms with Crippen molar-refractivity contribution < 1.29 is 0 Å². The van der Waals surface area contributed by atoms with E-state index in [-0.39, 0.29) is 5.41 Å². The van der Waals surface area contributed by atoms with Crippen LogP contribution in [0.4, 0.5) is 5.82 Å². The molecule has 1 aromatic heterocycles. The zero-order chi connectivity index (χ0) is 15.3. The van der Waals surface area contributed by atoms with Gasteiger partial charge in [-0.15, -0.1) is 0 Å². The second kappa shape index (κ2) is 6.59. The van der Waals surface area contributed by atoms with Crippen molar-refractivity contribution in [3.8, 4) is 0 Å². The zero-order valence-corrected chi connectivity index (χ0v) is 12.9. The molecule has 2 aromatic rings. The van der Waals surface area contributed by atoms with Gasteiger partial charge in [0.2, 0.25) is 0 Å². The molecule has 0 saturated carbocycles. The lowest BCUT2D eigenvalue weighted by Gasteiger charge is -2.23. The Bertz CT molecular complexity index is 606. The van der Waals surface area contributed by atoms with Gasteiger partial charge in [-0.1, -0.05) is 43.6 Å². The lowest BCUT2D eigenvalue weighted by molar-refractivity contribution is 0.540. The molecule has 4 nitrogen and oxygen atoms in total. The number of rotatable bonds is 4. The molecule has 0 aliphatic rings. The summed E-state index contributed by atoms with van der Waals surface area (Å²) >= 11 is 5.92. The van der Waals surface area contributed by atoms with E-state index in [4.69, 9.17) is 17.3 Å². The molecule has 1 heterocycles. The molecule has 21 heavy (non-hydrogen) atoms. The van der Waals surface area contributed by atoms with Crippen molar-refractivity contribution in [3.63, 3.8) is 0 Å². The monoisotopic (exact) mass is 302 g/mol. The number of hydrogen-bond acceptors (Lipinski definition) is 2. The normalized spacial score (nSPS) is 12.2. The van der Waals surface area contributed by atoms with E-state index in [1.807, 2.05) is 42.5 Å². The average molecular weight is 303 g/mol. The second-order valence-electron chi connectivity index (χ2n) is 5.43. The Balaban J connectivity index is 2.02. The van der Waals surface area contributed by atoms with Gasteiger partial charge in [-0.05, 0) is 29.8 Å². The third-order valence-electron chi connectivity index (χ3n) is 3.19. The summed E-state index contributed by atoms with van der Waals surface area (Å²) in [6.45, 7) is 4.81. The fraction of sp³-hybridized carbons (Fsp3) is 0.250. The number of benzene rings is 1. The van der Waals surface area contributed by atoms with E-state index in [9.17, 15) is 0 Å². The van der Waals surface area contributed by atoms with Crippen LogP contribution >= 0.6 is 11.6 Å². The third kappa shape index (κ3) is 4.46. The number of aliphatic imine (C=N–C) groups is 1. The molecule has 3 N–H and O–H groups in total. The van der Waals surface area contributed by atoms with Gasteiger partial charge in [-0.3, -0.25) is 4.99 Å². The number of guanidine groups is 1. The summed E-state index contributed by atoms with van der Waals surface area (Å²) in [5, 5.41) is 3.70. The number of nitrogens with one attached hydrogen (secondary N) is 1. The van der Waals surface area contributed by atoms with Crippen LogP contribution in [0.3, 0.4) is 0 Å². The van der Waals surface area contributed by atoms with Crippen LogP contribution in [0.15, 0.2) is 53.7 Å². The maximum Gasteiger partial charge on any atom is 0.194 e. The van der Waals surface area contributed by atoms with E-state index < -0.39 is 0 Å². The molecule has 0 aliphatic carbocycles. The molecular weight excluding hydrogens is 284 g/mol. The first-order valence-corrected chi connectivity index (χ1v) is 7.09. The molecule has 0 radical (unpaired) electrons. The van der Waals surface area contributed by atoms with E-state index in [0.717, 1.165) is 5.02 Å². The number of nitrogens with two attached hydrogens (primary N) is 1. The van der Waals surface area contributed by atoms with Crippen LogP contribution in [0.5, 0.6) is 0 Å². The van der Waals surface area contributed by atoms with Gasteiger partial charge in [0.15, 0.2) is 5.96 Å². The van der Waals surface area contributed by atoms with Crippen LogP contribution < -0.4 is 11.1 Å². The quantitative estimate of drug-likeness (QED) is 0.672. The Morgan fingerprint density at radius 3 is 2.57 bits per heavy atom. The maximum atomic E-state index is 5.92. The Labute approximate surface area is 130 Å². The summed E-state index contributed by atoms with van der Waals surface area (Å²) < 4.78 is 0. The molecule has 0 atom stereocenters. The van der Waals surface area contributed by atoms with Gasteiger partial charge in [-0.25, -0.2) is 4.98 Å². The zero-order valence-electron chi connectivity index (χ0n) is 12.2. The minimum atomic E-state index is -0.124. The Morgan fingerprint density at radius 2 is 1.95 bits per heavy atom. The van der Waals surface area contributed by atoms with Crippen molar-refractivity contribution in [3.05, 3.63) is 59.2 Å². The number of nitrogens with zero attached hydrogens (tertiary/aromatic N) is 2. The van der Waals surface area contributed by atoms with Crippen LogP contribution in [-0.4, -0.2) is 17.5 Å². The van der Waals surface area contributed by atoms with E-state index in [0.29, 0.717) is 18.3 Å². The lowest BCUT2D eigenvalue weighted by atomic mass is 9.85. The number of aromatic nitrogens is 1. The first-order valence-electron chi connectivity index (χ1n) is 6.71. The standard InChI is InChI=1S/C16H19ClN4/c1-16(2,12-6-8-13(17)9-7-12)11-20-15(18)21-14-5-3-4-10-19-14/h3-10H,11H2,1-2H3,(H3,18,19,20,21). The van der Waals surface area contributed by atoms with Gasteiger partial charge in [0.25, 0.3) is 0 Å². The van der Waals surface area contributed by atoms with Gasteiger partial charge < -0.3 is 11.1 Å². The Hall–Kier alpha value is -2.07. The number of pyridine rings is 1. The highest BCUT2D eigenvalue weighted by molar-refractivity contribution is 6.30. The topological polar surface area (TPSA) is 63.3 Å². The van der Waals surface area contributed by atoms with E-state index in [1.165, 1.54) is 5.56 Å². The Morgan fingerprint density at radius 1 is 1.24 bits per heavy atom. The molecule has 0 bridgehead atoms. The van der Waals surface area contributed by atoms with Crippen molar-refractivity contribution >= 4 is 23.4 Å². The van der Waals surface area contributed by atoms with Crippen molar-refractivity contribution in [1.29, 1.82) is 0 Å². The van der Waals surface area contributed by atoms with Gasteiger partial charge in [0, 0.05) is 16.6 Å². The minimum Gasteiger partial charge on any atom is -0.370 e.